The zero-order valence-electron chi connectivity index (χ0n) is 10.3. The van der Waals surface area contributed by atoms with Gasteiger partial charge in [-0.3, -0.25) is 4.90 Å². The number of hydrogen-bond acceptors (Lipinski definition) is 4. The molecule has 2 aliphatic rings. The maximum absolute atomic E-state index is 9.36. The van der Waals surface area contributed by atoms with Crippen molar-refractivity contribution in [3.05, 3.63) is 29.8 Å². The SMILES string of the molecule is OB(O)c1ccccc1CN1CC2CCC(C1)O2. The van der Waals surface area contributed by atoms with Crippen LogP contribution < -0.4 is 5.46 Å². The fraction of sp³-hybridized carbons (Fsp3) is 0.538. The molecule has 0 aromatic heterocycles. The van der Waals surface area contributed by atoms with E-state index >= 15 is 0 Å². The van der Waals surface area contributed by atoms with Crippen LogP contribution in [0.2, 0.25) is 0 Å². The molecule has 3 rings (SSSR count). The van der Waals surface area contributed by atoms with Gasteiger partial charge in [-0.05, 0) is 23.9 Å². The molecule has 2 heterocycles. The molecule has 2 fully saturated rings. The third kappa shape index (κ3) is 2.45. The number of nitrogens with zero attached hydrogens (tertiary/aromatic N) is 1. The predicted molar refractivity (Wildman–Crippen MR) is 69.4 cm³/mol. The average molecular weight is 247 g/mol. The number of benzene rings is 1. The Morgan fingerprint density at radius 1 is 1.17 bits per heavy atom. The van der Waals surface area contributed by atoms with Crippen LogP contribution in [0, 0.1) is 0 Å². The topological polar surface area (TPSA) is 52.9 Å². The second kappa shape index (κ2) is 5.01. The van der Waals surface area contributed by atoms with Gasteiger partial charge in [-0.15, -0.1) is 0 Å². The van der Waals surface area contributed by atoms with E-state index in [9.17, 15) is 10.0 Å². The lowest BCUT2D eigenvalue weighted by Gasteiger charge is -2.32. The van der Waals surface area contributed by atoms with Crippen LogP contribution in [0.1, 0.15) is 18.4 Å². The van der Waals surface area contributed by atoms with Gasteiger partial charge in [0.1, 0.15) is 0 Å². The quantitative estimate of drug-likeness (QED) is 0.722. The van der Waals surface area contributed by atoms with Gasteiger partial charge in [0.05, 0.1) is 12.2 Å². The zero-order valence-corrected chi connectivity index (χ0v) is 10.3. The van der Waals surface area contributed by atoms with Crippen molar-refractivity contribution in [1.29, 1.82) is 0 Å². The lowest BCUT2D eigenvalue weighted by Crippen LogP contribution is -2.44. The Morgan fingerprint density at radius 2 is 1.83 bits per heavy atom. The van der Waals surface area contributed by atoms with Gasteiger partial charge in [0.25, 0.3) is 0 Å². The second-order valence-electron chi connectivity index (χ2n) is 5.22. The van der Waals surface area contributed by atoms with Gasteiger partial charge in [-0.1, -0.05) is 24.3 Å². The van der Waals surface area contributed by atoms with Gasteiger partial charge < -0.3 is 14.8 Å². The van der Waals surface area contributed by atoms with Gasteiger partial charge in [0, 0.05) is 19.6 Å². The van der Waals surface area contributed by atoms with E-state index in [4.69, 9.17) is 4.74 Å². The lowest BCUT2D eigenvalue weighted by atomic mass is 9.77. The Kier molecular flexibility index (Phi) is 3.39. The van der Waals surface area contributed by atoms with E-state index in [2.05, 4.69) is 4.90 Å². The summed E-state index contributed by atoms with van der Waals surface area (Å²) in [5.74, 6) is 0. The number of likely N-dealkylation sites (tertiary alicyclic amines) is 1. The first-order chi connectivity index (χ1) is 8.72. The minimum Gasteiger partial charge on any atom is -0.423 e. The fourth-order valence-electron chi connectivity index (χ4n) is 3.00. The molecule has 0 saturated carbocycles. The molecule has 0 spiro atoms. The second-order valence-corrected chi connectivity index (χ2v) is 5.22. The van der Waals surface area contributed by atoms with Crippen LogP contribution >= 0.6 is 0 Å². The molecule has 0 radical (unpaired) electrons. The Balaban J connectivity index is 1.73. The Bertz CT molecular complexity index is 414. The molecule has 1 aromatic carbocycles. The van der Waals surface area contributed by atoms with E-state index in [0.717, 1.165) is 38.0 Å². The van der Waals surface area contributed by atoms with Crippen molar-refractivity contribution in [2.75, 3.05) is 13.1 Å². The number of fused-ring (bicyclic) bond motifs is 2. The Morgan fingerprint density at radius 3 is 2.50 bits per heavy atom. The van der Waals surface area contributed by atoms with E-state index in [-0.39, 0.29) is 0 Å². The summed E-state index contributed by atoms with van der Waals surface area (Å²) in [6.45, 7) is 2.67. The lowest BCUT2D eigenvalue weighted by molar-refractivity contribution is -0.0409. The highest BCUT2D eigenvalue weighted by atomic mass is 16.5. The van der Waals surface area contributed by atoms with E-state index in [1.807, 2.05) is 18.2 Å². The van der Waals surface area contributed by atoms with Gasteiger partial charge in [0.15, 0.2) is 0 Å². The third-order valence-electron chi connectivity index (χ3n) is 3.85. The molecule has 0 aliphatic carbocycles. The number of rotatable bonds is 3. The molecule has 2 bridgehead atoms. The fourth-order valence-corrected chi connectivity index (χ4v) is 3.00. The molecule has 1 aromatic rings. The highest BCUT2D eigenvalue weighted by Crippen LogP contribution is 2.26. The first-order valence-electron chi connectivity index (χ1n) is 6.54. The van der Waals surface area contributed by atoms with Gasteiger partial charge in [-0.2, -0.15) is 0 Å². The van der Waals surface area contributed by atoms with Crippen LogP contribution in [0.4, 0.5) is 0 Å². The zero-order chi connectivity index (χ0) is 12.5. The summed E-state index contributed by atoms with van der Waals surface area (Å²) in [5, 5.41) is 18.7. The molecule has 2 atom stereocenters. The third-order valence-corrected chi connectivity index (χ3v) is 3.85. The monoisotopic (exact) mass is 247 g/mol. The van der Waals surface area contributed by atoms with Gasteiger partial charge >= 0.3 is 7.12 Å². The maximum atomic E-state index is 9.36. The van der Waals surface area contributed by atoms with Crippen molar-refractivity contribution in [2.45, 2.75) is 31.6 Å². The van der Waals surface area contributed by atoms with Crippen molar-refractivity contribution in [2.24, 2.45) is 0 Å². The van der Waals surface area contributed by atoms with E-state index in [1.165, 1.54) is 0 Å². The van der Waals surface area contributed by atoms with Crippen LogP contribution in [-0.2, 0) is 11.3 Å². The van der Waals surface area contributed by atoms with E-state index < -0.39 is 7.12 Å². The molecule has 96 valence electrons. The molecule has 2 N–H and O–H groups in total. The first kappa shape index (κ1) is 12.2. The first-order valence-corrected chi connectivity index (χ1v) is 6.54. The van der Waals surface area contributed by atoms with Gasteiger partial charge in [-0.25, -0.2) is 0 Å². The van der Waals surface area contributed by atoms with Crippen molar-refractivity contribution < 1.29 is 14.8 Å². The molecule has 2 aliphatic heterocycles. The summed E-state index contributed by atoms with van der Waals surface area (Å²) < 4.78 is 5.80. The normalized spacial score (nSPS) is 27.4. The highest BCUT2D eigenvalue weighted by molar-refractivity contribution is 6.59. The Labute approximate surface area is 107 Å². The minimum atomic E-state index is -1.39. The molecular formula is C13H18BNO3. The van der Waals surface area contributed by atoms with E-state index in [1.54, 1.807) is 6.07 Å². The molecule has 2 saturated heterocycles. The Hall–Kier alpha value is -0.875. The summed E-state index contributed by atoms with van der Waals surface area (Å²) >= 11 is 0. The number of morpholine rings is 1. The van der Waals surface area contributed by atoms with Gasteiger partial charge in [0.2, 0.25) is 0 Å². The summed E-state index contributed by atoms with van der Waals surface area (Å²) in [6.07, 6.45) is 3.06. The van der Waals surface area contributed by atoms with Crippen LogP contribution in [0.25, 0.3) is 0 Å². The molecular weight excluding hydrogens is 229 g/mol. The molecule has 2 unspecified atom stereocenters. The summed E-state index contributed by atoms with van der Waals surface area (Å²) in [6, 6.07) is 7.51. The predicted octanol–water partition coefficient (Wildman–Crippen LogP) is -0.270. The molecule has 18 heavy (non-hydrogen) atoms. The van der Waals surface area contributed by atoms with Crippen LogP contribution in [0.15, 0.2) is 24.3 Å². The maximum Gasteiger partial charge on any atom is 0.488 e. The standard InChI is InChI=1S/C13H18BNO3/c16-14(17)13-4-2-1-3-10(13)7-15-8-11-5-6-12(9-15)18-11/h1-4,11-12,16-17H,5-9H2. The van der Waals surface area contributed by atoms with Crippen LogP contribution in [0.5, 0.6) is 0 Å². The van der Waals surface area contributed by atoms with Crippen molar-refractivity contribution in [1.82, 2.24) is 4.90 Å². The van der Waals surface area contributed by atoms with Crippen molar-refractivity contribution >= 4 is 12.6 Å². The van der Waals surface area contributed by atoms with Crippen LogP contribution in [0.3, 0.4) is 0 Å². The number of hydrogen-bond donors (Lipinski definition) is 2. The molecule has 0 amide bonds. The van der Waals surface area contributed by atoms with E-state index in [0.29, 0.717) is 17.7 Å². The molecule has 4 nitrogen and oxygen atoms in total. The number of ether oxygens (including phenoxy) is 1. The average Bonchev–Trinajstić information content (AvgIpc) is 2.69. The van der Waals surface area contributed by atoms with Crippen molar-refractivity contribution in [3.8, 4) is 0 Å². The minimum absolute atomic E-state index is 0.370. The highest BCUT2D eigenvalue weighted by Gasteiger charge is 2.33. The van der Waals surface area contributed by atoms with Crippen LogP contribution in [-0.4, -0.2) is 47.4 Å². The summed E-state index contributed by atoms with van der Waals surface area (Å²) in [5.41, 5.74) is 1.60. The molecule has 5 heteroatoms. The van der Waals surface area contributed by atoms with Crippen molar-refractivity contribution in [3.63, 3.8) is 0 Å². The smallest absolute Gasteiger partial charge is 0.423 e. The summed E-state index contributed by atoms with van der Waals surface area (Å²) in [4.78, 5) is 2.35. The largest absolute Gasteiger partial charge is 0.488 e. The summed E-state index contributed by atoms with van der Waals surface area (Å²) in [7, 11) is -1.39.